The smallest absolute Gasteiger partial charge is 0.272 e. The second-order valence-electron chi connectivity index (χ2n) is 8.98. The Balaban J connectivity index is 3.21. The summed E-state index contributed by atoms with van der Waals surface area (Å²) >= 11 is 0. The van der Waals surface area contributed by atoms with Crippen molar-refractivity contribution in [2.75, 3.05) is 7.11 Å². The van der Waals surface area contributed by atoms with E-state index in [-0.39, 0.29) is 0 Å². The summed E-state index contributed by atoms with van der Waals surface area (Å²) < 4.78 is 18.5. The third-order valence-electron chi connectivity index (χ3n) is 4.00. The lowest BCUT2D eigenvalue weighted by Gasteiger charge is -2.28. The quantitative estimate of drug-likeness (QED) is 0.379. The summed E-state index contributed by atoms with van der Waals surface area (Å²) in [5.41, 5.74) is 1.15. The lowest BCUT2D eigenvalue weighted by Crippen LogP contribution is -2.28. The van der Waals surface area contributed by atoms with Gasteiger partial charge in [0.15, 0.2) is 0 Å². The van der Waals surface area contributed by atoms with Gasteiger partial charge in [0.2, 0.25) is 16.6 Å². The van der Waals surface area contributed by atoms with Crippen molar-refractivity contribution in [1.29, 1.82) is 0 Å². The van der Waals surface area contributed by atoms with Crippen molar-refractivity contribution in [3.63, 3.8) is 0 Å². The van der Waals surface area contributed by atoms with Gasteiger partial charge in [-0.1, -0.05) is 32.1 Å². The van der Waals surface area contributed by atoms with Crippen molar-refractivity contribution in [3.05, 3.63) is 23.4 Å². The molecular formula is C20H40O3Si2. The van der Waals surface area contributed by atoms with Crippen LogP contribution in [0, 0.1) is 0 Å². The highest BCUT2D eigenvalue weighted by Gasteiger charge is 2.26. The van der Waals surface area contributed by atoms with E-state index in [9.17, 15) is 0 Å². The molecule has 0 aromatic carbocycles. The molecule has 0 aromatic heterocycles. The Labute approximate surface area is 158 Å². The maximum atomic E-state index is 6.49. The maximum absolute atomic E-state index is 6.49. The minimum absolute atomic E-state index is 0.695. The Morgan fingerprint density at radius 1 is 0.800 bits per heavy atom. The van der Waals surface area contributed by atoms with E-state index in [1.54, 1.807) is 7.11 Å². The minimum Gasteiger partial charge on any atom is -0.544 e. The molecule has 0 atom stereocenters. The summed E-state index contributed by atoms with van der Waals surface area (Å²) in [6.07, 6.45) is 13.4. The molecule has 0 amide bonds. The Kier molecular flexibility index (Phi) is 9.35. The summed E-state index contributed by atoms with van der Waals surface area (Å²) in [5, 5.41) is 0. The van der Waals surface area contributed by atoms with Gasteiger partial charge in [0.25, 0.3) is 5.95 Å². The first-order chi connectivity index (χ1) is 11.6. The molecule has 0 N–H and O–H groups in total. The molecule has 0 bridgehead atoms. The second kappa shape index (κ2) is 10.5. The van der Waals surface area contributed by atoms with Gasteiger partial charge in [0, 0.05) is 0 Å². The fraction of sp³-hybridized carbons (Fsp3) is 0.800. The van der Waals surface area contributed by atoms with Crippen molar-refractivity contribution in [3.8, 4) is 0 Å². The molecular weight excluding hydrogens is 344 g/mol. The number of ether oxygens (including phenoxy) is 1. The summed E-state index contributed by atoms with van der Waals surface area (Å²) in [4.78, 5) is 0. The molecule has 0 fully saturated rings. The molecule has 0 saturated heterocycles. The van der Waals surface area contributed by atoms with Crippen molar-refractivity contribution < 1.29 is 13.6 Å². The fourth-order valence-corrected chi connectivity index (χ4v) is 4.58. The van der Waals surface area contributed by atoms with Crippen molar-refractivity contribution >= 4 is 16.6 Å². The van der Waals surface area contributed by atoms with Crippen LogP contribution in [0.5, 0.6) is 0 Å². The van der Waals surface area contributed by atoms with E-state index in [1.807, 2.05) is 0 Å². The van der Waals surface area contributed by atoms with Crippen LogP contribution in [0.15, 0.2) is 23.4 Å². The summed E-state index contributed by atoms with van der Waals surface area (Å²) in [7, 11) is -1.71. The van der Waals surface area contributed by atoms with Gasteiger partial charge in [-0.25, -0.2) is 0 Å². The molecule has 0 saturated carbocycles. The monoisotopic (exact) mass is 384 g/mol. The molecule has 1 rings (SSSR count). The van der Waals surface area contributed by atoms with Gasteiger partial charge < -0.3 is 13.6 Å². The molecule has 1 aliphatic rings. The highest BCUT2D eigenvalue weighted by Crippen LogP contribution is 2.30. The third-order valence-corrected chi connectivity index (χ3v) is 5.63. The zero-order chi connectivity index (χ0) is 18.9. The van der Waals surface area contributed by atoms with Gasteiger partial charge in [-0.2, -0.15) is 0 Å². The van der Waals surface area contributed by atoms with E-state index in [2.05, 4.69) is 45.4 Å². The molecule has 1 aliphatic carbocycles. The fourth-order valence-electron chi connectivity index (χ4n) is 2.95. The average Bonchev–Trinajstić information content (AvgIpc) is 2.46. The van der Waals surface area contributed by atoms with Crippen LogP contribution in [0.4, 0.5) is 0 Å². The van der Waals surface area contributed by atoms with Crippen LogP contribution in [-0.4, -0.2) is 23.7 Å². The molecule has 5 heteroatoms. The van der Waals surface area contributed by atoms with Crippen molar-refractivity contribution in [2.24, 2.45) is 0 Å². The molecule has 0 spiro atoms. The topological polar surface area (TPSA) is 27.7 Å². The molecule has 25 heavy (non-hydrogen) atoms. The van der Waals surface area contributed by atoms with E-state index >= 15 is 0 Å². The van der Waals surface area contributed by atoms with Gasteiger partial charge in [-0.3, -0.25) is 0 Å². The van der Waals surface area contributed by atoms with Gasteiger partial charge in [0.05, 0.1) is 12.7 Å². The van der Waals surface area contributed by atoms with Gasteiger partial charge in [-0.15, -0.1) is 0 Å². The van der Waals surface area contributed by atoms with Crippen LogP contribution in [0.2, 0.25) is 39.3 Å². The Hall–Kier alpha value is -0.686. The molecule has 0 radical (unpaired) electrons. The minimum atomic E-state index is -1.74. The van der Waals surface area contributed by atoms with E-state index in [0.717, 1.165) is 24.2 Å². The molecule has 0 unspecified atom stereocenters. The molecule has 0 aliphatic heterocycles. The number of hydrogen-bond acceptors (Lipinski definition) is 3. The predicted molar refractivity (Wildman–Crippen MR) is 113 cm³/mol. The van der Waals surface area contributed by atoms with Crippen LogP contribution < -0.4 is 0 Å². The van der Waals surface area contributed by atoms with Gasteiger partial charge >= 0.3 is 0 Å². The highest BCUT2D eigenvalue weighted by molar-refractivity contribution is 6.70. The SMILES string of the molecule is CO/C(O[Si](C)(C)C)=C1CCCCCCCCC\C=C/1O[Si](C)(C)C. The largest absolute Gasteiger partial charge is 0.544 e. The number of allylic oxidation sites excluding steroid dienone is 2. The zero-order valence-electron chi connectivity index (χ0n) is 17.7. The Morgan fingerprint density at radius 3 is 1.88 bits per heavy atom. The lowest BCUT2D eigenvalue weighted by atomic mass is 10.0. The van der Waals surface area contributed by atoms with Crippen LogP contribution in [0.1, 0.15) is 57.8 Å². The number of rotatable bonds is 5. The molecule has 0 heterocycles. The second-order valence-corrected chi connectivity index (χ2v) is 17.8. The zero-order valence-corrected chi connectivity index (χ0v) is 19.7. The predicted octanol–water partition coefficient (Wildman–Crippen LogP) is 6.96. The third kappa shape index (κ3) is 10.1. The Morgan fingerprint density at radius 2 is 1.36 bits per heavy atom. The summed E-state index contributed by atoms with van der Waals surface area (Å²) in [5.74, 6) is 1.72. The van der Waals surface area contributed by atoms with Crippen molar-refractivity contribution in [2.45, 2.75) is 97.1 Å². The number of hydrogen-bond donors (Lipinski definition) is 0. The molecule has 0 aromatic rings. The van der Waals surface area contributed by atoms with E-state index in [1.165, 1.54) is 44.9 Å². The van der Waals surface area contributed by atoms with Crippen LogP contribution in [-0.2, 0) is 13.6 Å². The highest BCUT2D eigenvalue weighted by atomic mass is 28.4. The van der Waals surface area contributed by atoms with Crippen LogP contribution in [0.25, 0.3) is 0 Å². The normalized spacial score (nSPS) is 22.8. The molecule has 146 valence electrons. The van der Waals surface area contributed by atoms with Crippen LogP contribution in [0.3, 0.4) is 0 Å². The maximum Gasteiger partial charge on any atom is 0.272 e. The first-order valence-corrected chi connectivity index (χ1v) is 16.8. The summed E-state index contributed by atoms with van der Waals surface area (Å²) in [6, 6.07) is 0. The van der Waals surface area contributed by atoms with Gasteiger partial charge in [-0.05, 0) is 71.0 Å². The van der Waals surface area contributed by atoms with Crippen LogP contribution >= 0.6 is 0 Å². The average molecular weight is 385 g/mol. The van der Waals surface area contributed by atoms with Gasteiger partial charge in [0.1, 0.15) is 5.76 Å². The molecule has 3 nitrogen and oxygen atoms in total. The number of methoxy groups -OCH3 is 1. The van der Waals surface area contributed by atoms with E-state index in [0.29, 0.717) is 5.95 Å². The van der Waals surface area contributed by atoms with E-state index in [4.69, 9.17) is 13.6 Å². The van der Waals surface area contributed by atoms with E-state index < -0.39 is 16.6 Å². The first-order valence-electron chi connectivity index (χ1n) is 9.98. The lowest BCUT2D eigenvalue weighted by molar-refractivity contribution is 0.139. The standard InChI is InChI=1S/C20H40O3Si2/c1-21-20(23-25(5,6)7)18-16-14-12-10-8-9-11-13-15-17-19(18)22-24(2,3)4/h17H,8-16H2,1-7H3/b19-17+,20-18+. The first kappa shape index (κ1) is 22.4. The Bertz CT molecular complexity index is 457. The summed E-state index contributed by atoms with van der Waals surface area (Å²) in [6.45, 7) is 13.3. The van der Waals surface area contributed by atoms with Crippen molar-refractivity contribution in [1.82, 2.24) is 0 Å².